The highest BCUT2D eigenvalue weighted by molar-refractivity contribution is 5.58. The standard InChI is InChI=1S/C19H25N3O/c1-14-12-22(13-15(2)23-14)19-5-3-4-18(10-19)21-11-16-6-8-17(20)9-7-16/h3-10,14-15,21H,11-13,20H2,1-2H3. The van der Waals surface area contributed by atoms with Gasteiger partial charge >= 0.3 is 0 Å². The van der Waals surface area contributed by atoms with E-state index >= 15 is 0 Å². The normalized spacial score (nSPS) is 21.2. The number of benzene rings is 2. The Bertz CT molecular complexity index is 631. The van der Waals surface area contributed by atoms with Crippen LogP contribution >= 0.6 is 0 Å². The lowest BCUT2D eigenvalue weighted by atomic mass is 10.1. The van der Waals surface area contributed by atoms with E-state index in [-0.39, 0.29) is 12.2 Å². The number of hydrogen-bond donors (Lipinski definition) is 2. The average molecular weight is 311 g/mol. The maximum absolute atomic E-state index is 5.82. The lowest BCUT2D eigenvalue weighted by Crippen LogP contribution is -2.45. The third-order valence-electron chi connectivity index (χ3n) is 4.11. The molecule has 2 aromatic rings. The molecule has 0 aromatic heterocycles. The summed E-state index contributed by atoms with van der Waals surface area (Å²) >= 11 is 0. The molecule has 4 heteroatoms. The number of rotatable bonds is 4. The number of anilines is 3. The fourth-order valence-corrected chi connectivity index (χ4v) is 3.04. The number of nitrogens with two attached hydrogens (primary N) is 1. The summed E-state index contributed by atoms with van der Waals surface area (Å²) in [6.45, 7) is 6.93. The van der Waals surface area contributed by atoms with Gasteiger partial charge in [-0.3, -0.25) is 0 Å². The molecular weight excluding hydrogens is 286 g/mol. The number of nitrogen functional groups attached to an aromatic ring is 1. The van der Waals surface area contributed by atoms with E-state index in [0.717, 1.165) is 31.0 Å². The second-order valence-electron chi connectivity index (χ2n) is 6.31. The maximum atomic E-state index is 5.82. The predicted molar refractivity (Wildman–Crippen MR) is 96.8 cm³/mol. The molecule has 3 rings (SSSR count). The van der Waals surface area contributed by atoms with E-state index in [2.05, 4.69) is 60.5 Å². The number of nitrogens with one attached hydrogen (secondary N) is 1. The molecule has 0 amide bonds. The minimum atomic E-state index is 0.269. The lowest BCUT2D eigenvalue weighted by molar-refractivity contribution is -0.00521. The SMILES string of the molecule is CC1CN(c2cccc(NCc3ccc(N)cc3)c2)CC(C)O1. The van der Waals surface area contributed by atoms with Gasteiger partial charge in [-0.2, -0.15) is 0 Å². The average Bonchev–Trinajstić information content (AvgIpc) is 2.54. The number of ether oxygens (including phenoxy) is 1. The van der Waals surface area contributed by atoms with Gasteiger partial charge in [-0.15, -0.1) is 0 Å². The van der Waals surface area contributed by atoms with Crippen molar-refractivity contribution >= 4 is 17.1 Å². The summed E-state index contributed by atoms with van der Waals surface area (Å²) < 4.78 is 5.82. The molecule has 3 N–H and O–H groups in total. The van der Waals surface area contributed by atoms with Crippen LogP contribution in [0.15, 0.2) is 48.5 Å². The zero-order chi connectivity index (χ0) is 16.2. The van der Waals surface area contributed by atoms with Gasteiger partial charge in [-0.25, -0.2) is 0 Å². The highest BCUT2D eigenvalue weighted by Gasteiger charge is 2.22. The van der Waals surface area contributed by atoms with Crippen molar-refractivity contribution in [3.8, 4) is 0 Å². The monoisotopic (exact) mass is 311 g/mol. The topological polar surface area (TPSA) is 50.5 Å². The zero-order valence-corrected chi connectivity index (χ0v) is 13.8. The van der Waals surface area contributed by atoms with Gasteiger partial charge in [0.05, 0.1) is 12.2 Å². The molecular formula is C19H25N3O. The van der Waals surface area contributed by atoms with Crippen LogP contribution in [0.1, 0.15) is 19.4 Å². The second-order valence-corrected chi connectivity index (χ2v) is 6.31. The summed E-state index contributed by atoms with van der Waals surface area (Å²) in [5.41, 5.74) is 10.1. The first kappa shape index (κ1) is 15.7. The van der Waals surface area contributed by atoms with Crippen LogP contribution < -0.4 is 16.0 Å². The first-order chi connectivity index (χ1) is 11.1. The second kappa shape index (κ2) is 6.92. The summed E-state index contributed by atoms with van der Waals surface area (Å²) in [4.78, 5) is 2.40. The first-order valence-electron chi connectivity index (χ1n) is 8.19. The van der Waals surface area contributed by atoms with Crippen molar-refractivity contribution in [3.63, 3.8) is 0 Å². The molecule has 23 heavy (non-hydrogen) atoms. The Morgan fingerprint density at radius 1 is 1.09 bits per heavy atom. The number of hydrogen-bond acceptors (Lipinski definition) is 4. The maximum Gasteiger partial charge on any atom is 0.0726 e. The van der Waals surface area contributed by atoms with Crippen LogP contribution in [0, 0.1) is 0 Å². The van der Waals surface area contributed by atoms with Crippen molar-refractivity contribution in [1.29, 1.82) is 0 Å². The summed E-state index contributed by atoms with van der Waals surface area (Å²) in [5, 5.41) is 3.48. The van der Waals surface area contributed by atoms with E-state index in [1.165, 1.54) is 11.3 Å². The Hall–Kier alpha value is -2.20. The van der Waals surface area contributed by atoms with E-state index in [4.69, 9.17) is 10.5 Å². The van der Waals surface area contributed by atoms with Crippen molar-refractivity contribution in [2.75, 3.05) is 29.0 Å². The van der Waals surface area contributed by atoms with Gasteiger partial charge in [0.1, 0.15) is 0 Å². The fourth-order valence-electron chi connectivity index (χ4n) is 3.04. The Morgan fingerprint density at radius 3 is 2.48 bits per heavy atom. The van der Waals surface area contributed by atoms with E-state index in [0.29, 0.717) is 0 Å². The molecule has 1 aliphatic heterocycles. The summed E-state index contributed by atoms with van der Waals surface area (Å²) in [7, 11) is 0. The molecule has 122 valence electrons. The van der Waals surface area contributed by atoms with Gasteiger partial charge in [0.25, 0.3) is 0 Å². The Morgan fingerprint density at radius 2 is 1.78 bits per heavy atom. The molecule has 0 aliphatic carbocycles. The van der Waals surface area contributed by atoms with Crippen LogP contribution in [0.4, 0.5) is 17.1 Å². The molecule has 0 bridgehead atoms. The van der Waals surface area contributed by atoms with Crippen LogP contribution in [-0.2, 0) is 11.3 Å². The number of nitrogens with zero attached hydrogens (tertiary/aromatic N) is 1. The molecule has 1 saturated heterocycles. The summed E-state index contributed by atoms with van der Waals surface area (Å²) in [5.74, 6) is 0. The molecule has 2 atom stereocenters. The number of morpholine rings is 1. The van der Waals surface area contributed by atoms with Gasteiger partial charge in [-0.1, -0.05) is 18.2 Å². The Kier molecular flexibility index (Phi) is 4.72. The molecule has 2 aromatic carbocycles. The van der Waals surface area contributed by atoms with Crippen molar-refractivity contribution < 1.29 is 4.74 Å². The van der Waals surface area contributed by atoms with Gasteiger partial charge < -0.3 is 20.7 Å². The van der Waals surface area contributed by atoms with E-state index in [1.54, 1.807) is 0 Å². The molecule has 4 nitrogen and oxygen atoms in total. The lowest BCUT2D eigenvalue weighted by Gasteiger charge is -2.37. The highest BCUT2D eigenvalue weighted by Crippen LogP contribution is 2.23. The van der Waals surface area contributed by atoms with Crippen LogP contribution in [-0.4, -0.2) is 25.3 Å². The summed E-state index contributed by atoms with van der Waals surface area (Å²) in [6, 6.07) is 16.6. The first-order valence-corrected chi connectivity index (χ1v) is 8.19. The van der Waals surface area contributed by atoms with Crippen LogP contribution in [0.2, 0.25) is 0 Å². The minimum absolute atomic E-state index is 0.269. The van der Waals surface area contributed by atoms with Gasteiger partial charge in [-0.05, 0) is 49.7 Å². The fraction of sp³-hybridized carbons (Fsp3) is 0.368. The molecule has 0 saturated carbocycles. The smallest absolute Gasteiger partial charge is 0.0726 e. The van der Waals surface area contributed by atoms with Gasteiger partial charge in [0.15, 0.2) is 0 Å². The van der Waals surface area contributed by atoms with Crippen molar-refractivity contribution in [1.82, 2.24) is 0 Å². The molecule has 1 heterocycles. The summed E-state index contributed by atoms with van der Waals surface area (Å²) in [6.07, 6.45) is 0.537. The van der Waals surface area contributed by atoms with Crippen LogP contribution in [0.3, 0.4) is 0 Å². The molecule has 2 unspecified atom stereocenters. The van der Waals surface area contributed by atoms with E-state index in [9.17, 15) is 0 Å². The van der Waals surface area contributed by atoms with E-state index in [1.807, 2.05) is 12.1 Å². The minimum Gasteiger partial charge on any atom is -0.399 e. The van der Waals surface area contributed by atoms with Crippen molar-refractivity contribution in [2.24, 2.45) is 0 Å². The van der Waals surface area contributed by atoms with Crippen molar-refractivity contribution in [3.05, 3.63) is 54.1 Å². The predicted octanol–water partition coefficient (Wildman–Crippen LogP) is 3.49. The van der Waals surface area contributed by atoms with Gasteiger partial charge in [0.2, 0.25) is 0 Å². The quantitative estimate of drug-likeness (QED) is 0.849. The highest BCUT2D eigenvalue weighted by atomic mass is 16.5. The van der Waals surface area contributed by atoms with Crippen LogP contribution in [0.25, 0.3) is 0 Å². The molecule has 0 radical (unpaired) electrons. The molecule has 1 fully saturated rings. The Labute approximate surface area is 138 Å². The van der Waals surface area contributed by atoms with E-state index < -0.39 is 0 Å². The third kappa shape index (κ3) is 4.17. The zero-order valence-electron chi connectivity index (χ0n) is 13.8. The third-order valence-corrected chi connectivity index (χ3v) is 4.11. The molecule has 0 spiro atoms. The van der Waals surface area contributed by atoms with Gasteiger partial charge in [0, 0.05) is 36.7 Å². The molecule has 1 aliphatic rings. The van der Waals surface area contributed by atoms with Crippen LogP contribution in [0.5, 0.6) is 0 Å². The van der Waals surface area contributed by atoms with Crippen molar-refractivity contribution in [2.45, 2.75) is 32.6 Å². The Balaban J connectivity index is 1.66. The largest absolute Gasteiger partial charge is 0.399 e.